The van der Waals surface area contributed by atoms with Crippen LogP contribution in [0.5, 0.6) is 5.75 Å². The van der Waals surface area contributed by atoms with Crippen LogP contribution in [0.1, 0.15) is 34.8 Å². The Kier molecular flexibility index (Phi) is 6.98. The van der Waals surface area contributed by atoms with Gasteiger partial charge in [-0.3, -0.25) is 28.9 Å². The van der Waals surface area contributed by atoms with E-state index in [4.69, 9.17) is 10.5 Å². The molecule has 0 saturated heterocycles. The number of ketones is 4. The lowest BCUT2D eigenvalue weighted by Crippen LogP contribution is -2.74. The number of Topliss-reactive ketones (excluding diaryl/α,β-unsaturated/α-hetero) is 4. The number of nitrogens with zero attached hydrogens (tertiary/aromatic N) is 1. The average molecular weight is 549 g/mol. The number of likely N-dealkylation sites (N-methyl/N-ethyl adjacent to an activating group) is 1. The number of fused-ring (bicyclic) bond motifs is 3. The van der Waals surface area contributed by atoms with E-state index < -0.39 is 64.4 Å². The Morgan fingerprint density at radius 1 is 1.12 bits per heavy atom. The van der Waals surface area contributed by atoms with Crippen molar-refractivity contribution in [2.45, 2.75) is 38.0 Å². The largest absolute Gasteiger partial charge is 0.507 e. The van der Waals surface area contributed by atoms with E-state index in [9.17, 15) is 34.2 Å². The predicted octanol–water partition coefficient (Wildman–Crippen LogP) is 1.07. The number of phenolic OH excluding ortho intramolecular Hbond substituents is 1. The third kappa shape index (κ3) is 4.01. The van der Waals surface area contributed by atoms with Crippen LogP contribution in [0.25, 0.3) is 11.1 Å². The zero-order valence-corrected chi connectivity index (χ0v) is 22.5. The fourth-order valence-corrected chi connectivity index (χ4v) is 6.92. The summed E-state index contributed by atoms with van der Waals surface area (Å²) in [4.78, 5) is 68.0. The lowest BCUT2D eigenvalue weighted by atomic mass is 9.52. The monoisotopic (exact) mass is 548 g/mol. The van der Waals surface area contributed by atoms with Gasteiger partial charge < -0.3 is 20.7 Å². The van der Waals surface area contributed by atoms with E-state index in [2.05, 4.69) is 0 Å². The SMILES string of the molecule is CCOCc1cccc(-c2ccc(O)c3c2C[C@H]2C[C@H]4[C@H](N(C)C)C(=O)C(C(N)=O)C(=O)[C@@]4(O)C(=O)C2C3=O)c1. The number of carbonyl (C=O) groups excluding carboxylic acids is 5. The summed E-state index contributed by atoms with van der Waals surface area (Å²) in [6.45, 7) is 2.86. The van der Waals surface area contributed by atoms with Crippen molar-refractivity contribution in [1.82, 2.24) is 4.90 Å². The van der Waals surface area contributed by atoms with Gasteiger partial charge in [-0.1, -0.05) is 24.3 Å². The van der Waals surface area contributed by atoms with Crippen molar-refractivity contribution in [3.05, 3.63) is 53.1 Å². The van der Waals surface area contributed by atoms with E-state index >= 15 is 0 Å². The van der Waals surface area contributed by atoms with Gasteiger partial charge in [-0.2, -0.15) is 0 Å². The van der Waals surface area contributed by atoms with Gasteiger partial charge in [0.15, 0.2) is 34.7 Å². The van der Waals surface area contributed by atoms with E-state index in [0.29, 0.717) is 24.3 Å². The molecule has 2 unspecified atom stereocenters. The van der Waals surface area contributed by atoms with Crippen molar-refractivity contribution >= 4 is 29.0 Å². The highest BCUT2D eigenvalue weighted by Gasteiger charge is 2.69. The molecule has 40 heavy (non-hydrogen) atoms. The molecular weight excluding hydrogens is 516 g/mol. The van der Waals surface area contributed by atoms with E-state index in [1.807, 2.05) is 31.2 Å². The van der Waals surface area contributed by atoms with Crippen LogP contribution in [0, 0.1) is 23.7 Å². The lowest BCUT2D eigenvalue weighted by Gasteiger charge is -2.52. The summed E-state index contributed by atoms with van der Waals surface area (Å²) in [5.41, 5.74) is 5.59. The molecule has 6 atom stereocenters. The molecule has 0 heterocycles. The Bertz CT molecular complexity index is 1450. The van der Waals surface area contributed by atoms with Crippen LogP contribution in [0.15, 0.2) is 36.4 Å². The third-order valence-electron chi connectivity index (χ3n) is 8.66. The Balaban J connectivity index is 1.62. The molecule has 2 saturated carbocycles. The Hall–Kier alpha value is -3.73. The number of primary amides is 1. The van der Waals surface area contributed by atoms with Crippen molar-refractivity contribution in [2.24, 2.45) is 29.4 Å². The van der Waals surface area contributed by atoms with Crippen LogP contribution in [-0.4, -0.2) is 76.5 Å². The number of nitrogens with two attached hydrogens (primary N) is 1. The van der Waals surface area contributed by atoms with Gasteiger partial charge >= 0.3 is 0 Å². The molecule has 0 spiro atoms. The molecule has 10 nitrogen and oxygen atoms in total. The minimum absolute atomic E-state index is 0.00334. The quantitative estimate of drug-likeness (QED) is 0.448. The van der Waals surface area contributed by atoms with Gasteiger partial charge in [0.1, 0.15) is 5.75 Å². The fourth-order valence-electron chi connectivity index (χ4n) is 6.92. The summed E-state index contributed by atoms with van der Waals surface area (Å²) in [5.74, 6) is -10.6. The first-order valence-corrected chi connectivity index (χ1v) is 13.3. The average Bonchev–Trinajstić information content (AvgIpc) is 2.89. The number of amides is 1. The first-order chi connectivity index (χ1) is 18.9. The van der Waals surface area contributed by atoms with Crippen LogP contribution >= 0.6 is 0 Å². The highest BCUT2D eigenvalue weighted by Crippen LogP contribution is 2.51. The molecular formula is C30H32N2O8. The van der Waals surface area contributed by atoms with Crippen molar-refractivity contribution in [1.29, 1.82) is 0 Å². The van der Waals surface area contributed by atoms with Crippen molar-refractivity contribution in [3.63, 3.8) is 0 Å². The molecule has 4 N–H and O–H groups in total. The zero-order valence-electron chi connectivity index (χ0n) is 22.5. The van der Waals surface area contributed by atoms with E-state index in [1.54, 1.807) is 20.2 Å². The normalized spacial score (nSPS) is 29.7. The molecule has 2 aromatic carbocycles. The van der Waals surface area contributed by atoms with Crippen molar-refractivity contribution in [3.8, 4) is 16.9 Å². The second kappa shape index (κ2) is 10.0. The van der Waals surface area contributed by atoms with Gasteiger partial charge in [0.2, 0.25) is 5.91 Å². The first kappa shape index (κ1) is 27.8. The van der Waals surface area contributed by atoms with Crippen LogP contribution in [0.3, 0.4) is 0 Å². The summed E-state index contributed by atoms with van der Waals surface area (Å²) < 4.78 is 5.53. The maximum absolute atomic E-state index is 13.9. The summed E-state index contributed by atoms with van der Waals surface area (Å²) >= 11 is 0. The van der Waals surface area contributed by atoms with Gasteiger partial charge in [-0.15, -0.1) is 0 Å². The second-order valence-electron chi connectivity index (χ2n) is 11.1. The Morgan fingerprint density at radius 3 is 2.50 bits per heavy atom. The summed E-state index contributed by atoms with van der Waals surface area (Å²) in [5, 5.41) is 22.4. The van der Waals surface area contributed by atoms with Crippen LogP contribution in [-0.2, 0) is 36.9 Å². The number of benzene rings is 2. The van der Waals surface area contributed by atoms with Gasteiger partial charge in [-0.25, -0.2) is 0 Å². The molecule has 2 aromatic rings. The number of hydrogen-bond donors (Lipinski definition) is 3. The molecule has 210 valence electrons. The highest BCUT2D eigenvalue weighted by atomic mass is 16.5. The summed E-state index contributed by atoms with van der Waals surface area (Å²) in [7, 11) is 3.11. The molecule has 5 rings (SSSR count). The van der Waals surface area contributed by atoms with Crippen molar-refractivity contribution in [2.75, 3.05) is 20.7 Å². The number of carbonyl (C=O) groups is 5. The fraction of sp³-hybridized carbons (Fsp3) is 0.433. The molecule has 0 aliphatic heterocycles. The number of rotatable bonds is 6. The third-order valence-corrected chi connectivity index (χ3v) is 8.66. The standard InChI is InChI=1S/C30H32N2O8/c1-4-40-13-14-6-5-7-15(10-14)17-8-9-20(33)22-18(17)11-16-12-19-24(32(2)3)26(35)23(29(31)38)28(37)30(19,39)27(36)21(16)25(22)34/h5-10,16,19,21,23-24,33,39H,4,11-13H2,1-3H3,(H2,31,38)/t16-,19-,21?,23?,24-,30-/m0/s1. The summed E-state index contributed by atoms with van der Waals surface area (Å²) in [6, 6.07) is 9.59. The zero-order chi connectivity index (χ0) is 29.1. The maximum atomic E-state index is 13.9. The van der Waals surface area contributed by atoms with Crippen LogP contribution in [0.4, 0.5) is 0 Å². The van der Waals surface area contributed by atoms with E-state index in [0.717, 1.165) is 11.1 Å². The molecule has 3 aliphatic carbocycles. The Morgan fingerprint density at radius 2 is 1.85 bits per heavy atom. The minimum Gasteiger partial charge on any atom is -0.507 e. The molecule has 0 aromatic heterocycles. The number of ether oxygens (including phenoxy) is 1. The minimum atomic E-state index is -2.74. The molecule has 0 radical (unpaired) electrons. The highest BCUT2D eigenvalue weighted by molar-refractivity contribution is 6.32. The van der Waals surface area contributed by atoms with Crippen LogP contribution < -0.4 is 5.73 Å². The van der Waals surface area contributed by atoms with Gasteiger partial charge in [0.05, 0.1) is 24.1 Å². The smallest absolute Gasteiger partial charge is 0.235 e. The Labute approximate surface area is 231 Å². The molecule has 0 bridgehead atoms. The molecule has 10 heteroatoms. The summed E-state index contributed by atoms with van der Waals surface area (Å²) in [6.07, 6.45) is 0.203. The van der Waals surface area contributed by atoms with E-state index in [-0.39, 0.29) is 24.2 Å². The maximum Gasteiger partial charge on any atom is 0.235 e. The van der Waals surface area contributed by atoms with Gasteiger partial charge in [0.25, 0.3) is 0 Å². The molecule has 3 aliphatic rings. The molecule has 2 fully saturated rings. The van der Waals surface area contributed by atoms with Crippen molar-refractivity contribution < 1.29 is 38.9 Å². The predicted molar refractivity (Wildman–Crippen MR) is 142 cm³/mol. The van der Waals surface area contributed by atoms with Gasteiger partial charge in [0, 0.05) is 12.5 Å². The van der Waals surface area contributed by atoms with E-state index in [1.165, 1.54) is 11.0 Å². The number of aliphatic hydroxyl groups is 1. The molecule has 1 amide bonds. The topological polar surface area (TPSA) is 164 Å². The number of phenols is 1. The van der Waals surface area contributed by atoms with Crippen LogP contribution in [0.2, 0.25) is 0 Å². The number of aromatic hydroxyl groups is 1. The first-order valence-electron chi connectivity index (χ1n) is 13.3. The number of hydrogen-bond acceptors (Lipinski definition) is 9. The second-order valence-corrected chi connectivity index (χ2v) is 11.1. The van der Waals surface area contributed by atoms with Gasteiger partial charge in [-0.05, 0) is 74.2 Å². The lowest BCUT2D eigenvalue weighted by molar-refractivity contribution is -0.181.